The first-order chi connectivity index (χ1) is 20.4. The van der Waals surface area contributed by atoms with Crippen molar-refractivity contribution >= 4 is 48.8 Å². The van der Waals surface area contributed by atoms with E-state index in [1.165, 1.54) is 91.2 Å². The van der Waals surface area contributed by atoms with E-state index in [9.17, 15) is 0 Å². The van der Waals surface area contributed by atoms with Crippen LogP contribution in [0.1, 0.15) is 71.1 Å². The van der Waals surface area contributed by atoms with Crippen LogP contribution in [0.5, 0.6) is 0 Å². The largest absolute Gasteiger partial charge is 0.125 e. The van der Waals surface area contributed by atoms with Gasteiger partial charge in [0.05, 0.1) is 0 Å². The van der Waals surface area contributed by atoms with Crippen LogP contribution in [0, 0.1) is 0 Å². The van der Waals surface area contributed by atoms with Gasteiger partial charge in [0.2, 0.25) is 0 Å². The molecule has 0 aromatic heterocycles. The molecular weight excluding hydrogens is 550 g/mol. The van der Waals surface area contributed by atoms with Gasteiger partial charge in [-0.15, -0.1) is 11.8 Å². The van der Waals surface area contributed by atoms with E-state index in [4.69, 9.17) is 0 Å². The highest BCUT2D eigenvalue weighted by Gasteiger charge is 2.22. The number of thioether (sulfide) groups is 1. The molecule has 0 aliphatic heterocycles. The summed E-state index contributed by atoms with van der Waals surface area (Å²) in [6.07, 6.45) is 13.8. The molecule has 0 bridgehead atoms. The van der Waals surface area contributed by atoms with Gasteiger partial charge in [-0.3, -0.25) is 0 Å². The first kappa shape index (κ1) is 31.8. The van der Waals surface area contributed by atoms with Gasteiger partial charge in [0, 0.05) is 4.65 Å². The predicted molar refractivity (Wildman–Crippen MR) is 191 cm³/mol. The molecule has 0 atom stereocenters. The maximum Gasteiger partial charge on any atom is 0.0184 e. The van der Waals surface area contributed by atoms with E-state index in [1.54, 1.807) is 4.65 Å². The normalized spacial score (nSPS) is 11.8. The quantitative estimate of drug-likeness (QED) is 0.0813. The highest BCUT2D eigenvalue weighted by molar-refractivity contribution is 8.12. The van der Waals surface area contributed by atoms with E-state index in [0.717, 1.165) is 0 Å². The lowest BCUT2D eigenvalue weighted by molar-refractivity contribution is 0.563. The zero-order chi connectivity index (χ0) is 28.4. The monoisotopic (exact) mass is 596 g/mol. The average molecular weight is 597 g/mol. The Morgan fingerprint density at radius 3 is 1.27 bits per heavy atom. The summed E-state index contributed by atoms with van der Waals surface area (Å²) in [5.74, 6) is 3.85. The molecule has 41 heavy (non-hydrogen) atoms. The Labute approximate surface area is 256 Å². The van der Waals surface area contributed by atoms with E-state index in [1.807, 2.05) is 0 Å². The summed E-state index contributed by atoms with van der Waals surface area (Å²) >= 11 is 2.12. The molecule has 0 fully saturated rings. The molecule has 0 amide bonds. The smallest absolute Gasteiger partial charge is 0.0184 e. The summed E-state index contributed by atoms with van der Waals surface area (Å²) in [7, 11) is -1.23. The molecule has 0 aliphatic rings. The van der Waals surface area contributed by atoms with E-state index in [2.05, 4.69) is 146 Å². The number of unbranched alkanes of at least 4 members (excludes halogenated alkanes) is 9. The minimum Gasteiger partial charge on any atom is -0.125 e. The number of benzene rings is 4. The summed E-state index contributed by atoms with van der Waals surface area (Å²) in [5.41, 5.74) is 0. The lowest BCUT2D eigenvalue weighted by Gasteiger charge is -2.25. The number of hydrogen-bond acceptors (Lipinski definition) is 1. The van der Waals surface area contributed by atoms with Gasteiger partial charge in [-0.05, 0) is 55.1 Å². The molecule has 0 nitrogen and oxygen atoms in total. The zero-order valence-electron chi connectivity index (χ0n) is 24.7. The molecule has 0 aliphatic carbocycles. The second-order valence-corrected chi connectivity index (χ2v) is 16.2. The third kappa shape index (κ3) is 10.9. The second kappa shape index (κ2) is 19.1. The Balaban J connectivity index is 1.55. The van der Waals surface area contributed by atoms with Crippen LogP contribution in [-0.4, -0.2) is 5.75 Å². The minimum absolute atomic E-state index is 0.609. The van der Waals surface area contributed by atoms with Crippen molar-refractivity contribution in [1.82, 2.24) is 0 Å². The SMILES string of the molecule is CCCCCCCCCCCCS/C(=C\P(c1ccccc1)c1ccccc1)P(c1ccccc1)c1ccccc1. The minimum atomic E-state index is -0.625. The van der Waals surface area contributed by atoms with Gasteiger partial charge in [0.25, 0.3) is 0 Å². The molecule has 0 radical (unpaired) electrons. The third-order valence-corrected chi connectivity index (χ3v) is 13.9. The van der Waals surface area contributed by atoms with Gasteiger partial charge >= 0.3 is 0 Å². The van der Waals surface area contributed by atoms with Crippen molar-refractivity contribution in [3.8, 4) is 0 Å². The van der Waals surface area contributed by atoms with Crippen molar-refractivity contribution in [3.63, 3.8) is 0 Å². The Morgan fingerprint density at radius 1 is 0.488 bits per heavy atom. The van der Waals surface area contributed by atoms with Crippen LogP contribution in [-0.2, 0) is 0 Å². The fourth-order valence-electron chi connectivity index (χ4n) is 5.07. The maximum atomic E-state index is 2.66. The number of rotatable bonds is 18. The van der Waals surface area contributed by atoms with Crippen molar-refractivity contribution in [2.24, 2.45) is 0 Å². The Hall–Kier alpha value is -2.17. The molecule has 0 heterocycles. The van der Waals surface area contributed by atoms with Gasteiger partial charge in [0.1, 0.15) is 0 Å². The molecule has 3 heteroatoms. The summed E-state index contributed by atoms with van der Waals surface area (Å²) in [5, 5.41) is 5.71. The Kier molecular flexibility index (Phi) is 14.8. The van der Waals surface area contributed by atoms with Gasteiger partial charge in [-0.1, -0.05) is 186 Å². The van der Waals surface area contributed by atoms with Crippen LogP contribution in [0.4, 0.5) is 0 Å². The van der Waals surface area contributed by atoms with Gasteiger partial charge in [-0.2, -0.15) is 0 Å². The fraction of sp³-hybridized carbons (Fsp3) is 0.316. The van der Waals surface area contributed by atoms with Crippen LogP contribution in [0.25, 0.3) is 0 Å². The molecular formula is C38H46P2S. The molecule has 0 saturated carbocycles. The van der Waals surface area contributed by atoms with Crippen LogP contribution in [0.3, 0.4) is 0 Å². The first-order valence-corrected chi connectivity index (χ1v) is 19.2. The molecule has 0 N–H and O–H groups in total. The van der Waals surface area contributed by atoms with Gasteiger partial charge in [-0.25, -0.2) is 0 Å². The molecule has 4 aromatic carbocycles. The Morgan fingerprint density at radius 2 is 0.854 bits per heavy atom. The van der Waals surface area contributed by atoms with E-state index in [-0.39, 0.29) is 0 Å². The van der Waals surface area contributed by atoms with Gasteiger partial charge < -0.3 is 0 Å². The topological polar surface area (TPSA) is 0 Å². The lowest BCUT2D eigenvalue weighted by Crippen LogP contribution is -2.14. The van der Waals surface area contributed by atoms with Crippen molar-refractivity contribution in [2.45, 2.75) is 71.1 Å². The standard InChI is InChI=1S/C38H46P2S/c1-2-3-4-5-6-7-8-9-10-23-32-41-38(40(36-28-19-13-20-29-36)37-30-21-14-22-31-37)33-39(34-24-15-11-16-25-34)35-26-17-12-18-27-35/h11-22,24-31,33H,2-10,23,32H2,1H3/b38-33-. The fourth-order valence-corrected chi connectivity index (χ4v) is 12.0. The lowest BCUT2D eigenvalue weighted by atomic mass is 10.1. The van der Waals surface area contributed by atoms with Crippen LogP contribution in [0.2, 0.25) is 0 Å². The second-order valence-electron chi connectivity index (χ2n) is 10.5. The third-order valence-electron chi connectivity index (χ3n) is 7.31. The van der Waals surface area contributed by atoms with Crippen LogP contribution in [0.15, 0.2) is 132 Å². The summed E-state index contributed by atoms with van der Waals surface area (Å²) < 4.78 is 1.55. The van der Waals surface area contributed by atoms with E-state index >= 15 is 0 Å². The van der Waals surface area contributed by atoms with Crippen molar-refractivity contribution in [3.05, 3.63) is 132 Å². The molecule has 0 spiro atoms. The van der Waals surface area contributed by atoms with Crippen molar-refractivity contribution in [1.29, 1.82) is 0 Å². The van der Waals surface area contributed by atoms with E-state index < -0.39 is 15.8 Å². The maximum absolute atomic E-state index is 2.66. The van der Waals surface area contributed by atoms with Crippen LogP contribution >= 0.6 is 27.6 Å². The summed E-state index contributed by atoms with van der Waals surface area (Å²) in [6.45, 7) is 2.30. The molecule has 214 valence electrons. The summed E-state index contributed by atoms with van der Waals surface area (Å²) in [6, 6.07) is 44.7. The molecule has 4 rings (SSSR count). The average Bonchev–Trinajstić information content (AvgIpc) is 3.04. The predicted octanol–water partition coefficient (Wildman–Crippen LogP) is 10.7. The highest BCUT2D eigenvalue weighted by atomic mass is 32.2. The summed E-state index contributed by atoms with van der Waals surface area (Å²) in [4.78, 5) is 0. The van der Waals surface area contributed by atoms with Crippen molar-refractivity contribution in [2.75, 3.05) is 5.75 Å². The molecule has 0 saturated heterocycles. The van der Waals surface area contributed by atoms with Crippen LogP contribution < -0.4 is 21.2 Å². The van der Waals surface area contributed by atoms with E-state index in [0.29, 0.717) is 0 Å². The zero-order valence-corrected chi connectivity index (χ0v) is 27.3. The van der Waals surface area contributed by atoms with Gasteiger partial charge in [0.15, 0.2) is 0 Å². The molecule has 0 unspecified atom stereocenters. The first-order valence-electron chi connectivity index (χ1n) is 15.5. The Bertz CT molecular complexity index is 1160. The number of hydrogen-bond donors (Lipinski definition) is 0. The van der Waals surface area contributed by atoms with Crippen molar-refractivity contribution < 1.29 is 0 Å². The highest BCUT2D eigenvalue weighted by Crippen LogP contribution is 2.53. The molecule has 4 aromatic rings.